The first-order chi connectivity index (χ1) is 15.5. The molecule has 0 aromatic heterocycles. The molecule has 0 bridgehead atoms. The van der Waals surface area contributed by atoms with E-state index in [4.69, 9.17) is 21.4 Å². The number of carboxylic acid groups (broad SMARTS) is 1. The quantitative estimate of drug-likeness (QED) is 0.345. The van der Waals surface area contributed by atoms with Gasteiger partial charge in [0, 0.05) is 17.0 Å². The highest BCUT2D eigenvalue weighted by Gasteiger charge is 2.27. The Kier molecular flexibility index (Phi) is 6.91. The highest BCUT2D eigenvalue weighted by Crippen LogP contribution is 2.45. The summed E-state index contributed by atoms with van der Waals surface area (Å²) < 4.78 is 6.08. The molecule has 1 N–H and O–H groups in total. The molecule has 0 saturated heterocycles. The summed E-state index contributed by atoms with van der Waals surface area (Å²) in [6.45, 7) is 0. The number of rotatable bonds is 10. The van der Waals surface area contributed by atoms with Gasteiger partial charge in [-0.2, -0.15) is 0 Å². The van der Waals surface area contributed by atoms with Gasteiger partial charge < -0.3 is 9.84 Å². The molecule has 3 aromatic rings. The van der Waals surface area contributed by atoms with E-state index >= 15 is 0 Å². The molecule has 0 amide bonds. The van der Waals surface area contributed by atoms with Gasteiger partial charge in [0.2, 0.25) is 0 Å². The smallest absolute Gasteiger partial charge is 0.307 e. The van der Waals surface area contributed by atoms with Crippen LogP contribution in [0.1, 0.15) is 58.6 Å². The first-order valence-electron chi connectivity index (χ1n) is 10.9. The second-order valence-corrected chi connectivity index (χ2v) is 8.68. The minimum Gasteiger partial charge on any atom is -0.481 e. The number of aliphatic carboxylic acids is 1. The van der Waals surface area contributed by atoms with Gasteiger partial charge in [-0.05, 0) is 90.8 Å². The number of hydrogen-bond donors (Lipinski definition) is 1. The summed E-state index contributed by atoms with van der Waals surface area (Å²) in [5.41, 5.74) is 3.69. The summed E-state index contributed by atoms with van der Waals surface area (Å²) in [6.07, 6.45) is 4.30. The highest BCUT2D eigenvalue weighted by molar-refractivity contribution is 6.30. The number of carbonyl (C=O) groups excluding carboxylic acids is 1. The molecule has 0 heterocycles. The van der Waals surface area contributed by atoms with Crippen LogP contribution < -0.4 is 4.74 Å². The minimum atomic E-state index is -0.839. The molecule has 0 atom stereocenters. The number of carboxylic acids is 1. The lowest BCUT2D eigenvalue weighted by atomic mass is 10.0. The Labute approximate surface area is 192 Å². The summed E-state index contributed by atoms with van der Waals surface area (Å²) in [5.74, 6) is 1.12. The summed E-state index contributed by atoms with van der Waals surface area (Å²) in [6, 6.07) is 20.5. The largest absolute Gasteiger partial charge is 0.481 e. The van der Waals surface area contributed by atoms with Crippen LogP contribution in [0.2, 0.25) is 5.02 Å². The Morgan fingerprint density at radius 3 is 2.28 bits per heavy atom. The molecule has 1 aliphatic carbocycles. The standard InChI is InChI=1S/C27H25ClO4/c28-22-11-4-18(5-12-22)2-1-3-25(29)21-9-13-23(14-10-21)32-26-15-6-19(17-27(30)31)16-24(26)20-7-8-20/h4-6,9-16,20H,1-3,7-8,17H2,(H,30,31). The van der Waals surface area contributed by atoms with E-state index in [0.717, 1.165) is 42.6 Å². The van der Waals surface area contributed by atoms with Gasteiger partial charge in [-0.1, -0.05) is 35.9 Å². The first-order valence-corrected chi connectivity index (χ1v) is 11.3. The van der Waals surface area contributed by atoms with E-state index < -0.39 is 5.97 Å². The van der Waals surface area contributed by atoms with Crippen LogP contribution in [-0.4, -0.2) is 16.9 Å². The average molecular weight is 449 g/mol. The zero-order valence-electron chi connectivity index (χ0n) is 17.7. The first kappa shape index (κ1) is 22.1. The second kappa shape index (κ2) is 10.0. The van der Waals surface area contributed by atoms with Crippen LogP contribution in [0.15, 0.2) is 66.7 Å². The predicted octanol–water partition coefficient (Wildman–Crippen LogP) is 6.84. The van der Waals surface area contributed by atoms with E-state index in [0.29, 0.717) is 28.7 Å². The number of carbonyl (C=O) groups is 2. The van der Waals surface area contributed by atoms with Crippen molar-refractivity contribution < 1.29 is 19.4 Å². The van der Waals surface area contributed by atoms with Crippen molar-refractivity contribution in [2.24, 2.45) is 0 Å². The van der Waals surface area contributed by atoms with Crippen molar-refractivity contribution in [3.8, 4) is 11.5 Å². The Bertz CT molecular complexity index is 1100. The van der Waals surface area contributed by atoms with Crippen molar-refractivity contribution in [2.75, 3.05) is 0 Å². The molecule has 0 spiro atoms. The normalized spacial score (nSPS) is 13.0. The molecule has 1 fully saturated rings. The summed E-state index contributed by atoms with van der Waals surface area (Å²) in [7, 11) is 0. The topological polar surface area (TPSA) is 63.6 Å². The maximum absolute atomic E-state index is 12.5. The summed E-state index contributed by atoms with van der Waals surface area (Å²) >= 11 is 5.91. The average Bonchev–Trinajstić information content (AvgIpc) is 3.61. The number of benzene rings is 3. The zero-order valence-corrected chi connectivity index (χ0v) is 18.5. The molecule has 4 rings (SSSR count). The molecular weight excluding hydrogens is 424 g/mol. The third-order valence-electron chi connectivity index (χ3n) is 5.63. The summed E-state index contributed by atoms with van der Waals surface area (Å²) in [4.78, 5) is 23.5. The molecule has 1 aliphatic rings. The third kappa shape index (κ3) is 5.98. The Hall–Kier alpha value is -3.11. The number of ketones is 1. The lowest BCUT2D eigenvalue weighted by Gasteiger charge is -2.13. The second-order valence-electron chi connectivity index (χ2n) is 8.25. The van der Waals surface area contributed by atoms with Gasteiger partial charge in [-0.25, -0.2) is 0 Å². The molecule has 1 saturated carbocycles. The third-order valence-corrected chi connectivity index (χ3v) is 5.89. The van der Waals surface area contributed by atoms with Gasteiger partial charge in [0.05, 0.1) is 6.42 Å². The molecule has 3 aromatic carbocycles. The maximum Gasteiger partial charge on any atom is 0.307 e. The van der Waals surface area contributed by atoms with Gasteiger partial charge in [-0.3, -0.25) is 9.59 Å². The Morgan fingerprint density at radius 1 is 0.938 bits per heavy atom. The molecule has 0 aliphatic heterocycles. The fourth-order valence-corrected chi connectivity index (χ4v) is 3.90. The number of aryl methyl sites for hydroxylation is 1. The van der Waals surface area contributed by atoms with E-state index in [9.17, 15) is 9.59 Å². The molecule has 0 unspecified atom stereocenters. The lowest BCUT2D eigenvalue weighted by Crippen LogP contribution is -2.02. The fourth-order valence-electron chi connectivity index (χ4n) is 3.77. The van der Waals surface area contributed by atoms with Crippen molar-refractivity contribution in [2.45, 2.75) is 44.4 Å². The monoisotopic (exact) mass is 448 g/mol. The minimum absolute atomic E-state index is 0.00876. The molecule has 4 nitrogen and oxygen atoms in total. The van der Waals surface area contributed by atoms with Crippen molar-refractivity contribution in [3.63, 3.8) is 0 Å². The van der Waals surface area contributed by atoms with Crippen LogP contribution in [0.4, 0.5) is 0 Å². The van der Waals surface area contributed by atoms with Crippen LogP contribution in [0.25, 0.3) is 0 Å². The van der Waals surface area contributed by atoms with Gasteiger partial charge in [0.1, 0.15) is 11.5 Å². The molecule has 0 radical (unpaired) electrons. The van der Waals surface area contributed by atoms with Crippen LogP contribution in [0.5, 0.6) is 11.5 Å². The maximum atomic E-state index is 12.5. The number of halogens is 1. The van der Waals surface area contributed by atoms with Gasteiger partial charge in [0.25, 0.3) is 0 Å². The van der Waals surface area contributed by atoms with Gasteiger partial charge in [0.15, 0.2) is 5.78 Å². The van der Waals surface area contributed by atoms with Crippen molar-refractivity contribution in [3.05, 3.63) is 94.0 Å². The molecule has 164 valence electrons. The van der Waals surface area contributed by atoms with Crippen molar-refractivity contribution in [1.82, 2.24) is 0 Å². The highest BCUT2D eigenvalue weighted by atomic mass is 35.5. The van der Waals surface area contributed by atoms with Crippen LogP contribution >= 0.6 is 11.6 Å². The van der Waals surface area contributed by atoms with E-state index in [1.165, 1.54) is 5.56 Å². The number of ether oxygens (including phenoxy) is 1. The molecule has 5 heteroatoms. The molecule has 32 heavy (non-hydrogen) atoms. The van der Waals surface area contributed by atoms with E-state index in [1.54, 1.807) is 18.2 Å². The van der Waals surface area contributed by atoms with Crippen LogP contribution in [0.3, 0.4) is 0 Å². The van der Waals surface area contributed by atoms with Crippen molar-refractivity contribution in [1.29, 1.82) is 0 Å². The zero-order chi connectivity index (χ0) is 22.5. The van der Waals surface area contributed by atoms with Crippen molar-refractivity contribution >= 4 is 23.4 Å². The Morgan fingerprint density at radius 2 is 1.62 bits per heavy atom. The van der Waals surface area contributed by atoms with Gasteiger partial charge in [-0.15, -0.1) is 0 Å². The van der Waals surface area contributed by atoms with Gasteiger partial charge >= 0.3 is 5.97 Å². The fraction of sp³-hybridized carbons (Fsp3) is 0.259. The Balaban J connectivity index is 1.35. The lowest BCUT2D eigenvalue weighted by molar-refractivity contribution is -0.136. The number of Topliss-reactive ketones (excluding diaryl/α,β-unsaturated/α-hetero) is 1. The van der Waals surface area contributed by atoms with E-state index in [2.05, 4.69) is 0 Å². The molecular formula is C27H25ClO4. The summed E-state index contributed by atoms with van der Waals surface area (Å²) in [5, 5.41) is 9.76. The van der Waals surface area contributed by atoms with Crippen LogP contribution in [-0.2, 0) is 17.6 Å². The predicted molar refractivity (Wildman–Crippen MR) is 125 cm³/mol. The van der Waals surface area contributed by atoms with E-state index in [-0.39, 0.29) is 12.2 Å². The van der Waals surface area contributed by atoms with E-state index in [1.807, 2.05) is 48.5 Å². The SMILES string of the molecule is O=C(O)Cc1ccc(Oc2ccc(C(=O)CCCc3ccc(Cl)cc3)cc2)c(C2CC2)c1. The van der Waals surface area contributed by atoms with Crippen LogP contribution in [0, 0.1) is 0 Å². The number of hydrogen-bond acceptors (Lipinski definition) is 3.